The number of nitrogens with zero attached hydrogens (tertiary/aromatic N) is 1. The Labute approximate surface area is 140 Å². The summed E-state index contributed by atoms with van der Waals surface area (Å²) in [4.78, 5) is 26.2. The van der Waals surface area contributed by atoms with Crippen LogP contribution in [0.15, 0.2) is 24.3 Å². The highest BCUT2D eigenvalue weighted by Crippen LogP contribution is 2.22. The maximum absolute atomic E-state index is 12.4. The Morgan fingerprint density at radius 3 is 2.55 bits per heavy atom. The van der Waals surface area contributed by atoms with Crippen LogP contribution in [-0.2, 0) is 4.79 Å². The van der Waals surface area contributed by atoms with E-state index in [1.165, 1.54) is 0 Å². The first-order valence-electron chi connectivity index (χ1n) is 7.51. The quantitative estimate of drug-likeness (QED) is 0.660. The topological polar surface area (TPSA) is 49.4 Å². The Morgan fingerprint density at radius 2 is 1.91 bits per heavy atom. The molecule has 0 bridgehead atoms. The zero-order chi connectivity index (χ0) is 15.9. The summed E-state index contributed by atoms with van der Waals surface area (Å²) >= 11 is 11.7. The summed E-state index contributed by atoms with van der Waals surface area (Å²) in [5.74, 6) is 0.526. The number of carbonyl (C=O) groups is 2. The first-order valence-corrected chi connectivity index (χ1v) is 8.42. The lowest BCUT2D eigenvalue weighted by molar-refractivity contribution is -0.126. The largest absolute Gasteiger partial charge is 0.356 e. The predicted octanol–water partition coefficient (Wildman–Crippen LogP) is 2.94. The van der Waals surface area contributed by atoms with Crippen LogP contribution in [0.5, 0.6) is 0 Å². The molecule has 0 aliphatic carbocycles. The second-order valence-electron chi connectivity index (χ2n) is 5.38. The fourth-order valence-electron chi connectivity index (χ4n) is 2.57. The number of hydrogen-bond acceptors (Lipinski definition) is 2. The van der Waals surface area contributed by atoms with Crippen molar-refractivity contribution in [2.75, 3.05) is 25.5 Å². The summed E-state index contributed by atoms with van der Waals surface area (Å²) < 4.78 is 0. The zero-order valence-electron chi connectivity index (χ0n) is 12.4. The van der Waals surface area contributed by atoms with Crippen molar-refractivity contribution in [1.82, 2.24) is 10.2 Å². The maximum Gasteiger partial charge on any atom is 0.255 e. The molecule has 6 heteroatoms. The van der Waals surface area contributed by atoms with Crippen LogP contribution in [0.4, 0.5) is 0 Å². The van der Waals surface area contributed by atoms with E-state index < -0.39 is 0 Å². The van der Waals surface area contributed by atoms with Gasteiger partial charge >= 0.3 is 0 Å². The molecule has 120 valence electrons. The summed E-state index contributed by atoms with van der Waals surface area (Å²) in [6, 6.07) is 7.05. The normalized spacial score (nSPS) is 15.6. The van der Waals surface area contributed by atoms with Crippen LogP contribution in [0.3, 0.4) is 0 Å². The summed E-state index contributed by atoms with van der Waals surface area (Å²) in [7, 11) is 0. The maximum atomic E-state index is 12.4. The lowest BCUT2D eigenvalue weighted by Gasteiger charge is -2.31. The molecule has 2 amide bonds. The minimum atomic E-state index is -0.0633. The molecular formula is C16H20Cl2N2O2. The van der Waals surface area contributed by atoms with E-state index in [0.29, 0.717) is 48.9 Å². The van der Waals surface area contributed by atoms with E-state index in [2.05, 4.69) is 5.32 Å². The van der Waals surface area contributed by atoms with Gasteiger partial charge in [-0.3, -0.25) is 9.59 Å². The number of rotatable bonds is 5. The predicted molar refractivity (Wildman–Crippen MR) is 88.4 cm³/mol. The van der Waals surface area contributed by atoms with E-state index in [0.717, 1.165) is 6.42 Å². The zero-order valence-corrected chi connectivity index (χ0v) is 13.9. The van der Waals surface area contributed by atoms with E-state index in [1.807, 2.05) is 0 Å². The molecular weight excluding hydrogens is 323 g/mol. The Morgan fingerprint density at radius 1 is 1.23 bits per heavy atom. The van der Waals surface area contributed by atoms with Crippen LogP contribution < -0.4 is 5.32 Å². The molecule has 0 atom stereocenters. The van der Waals surface area contributed by atoms with E-state index in [-0.39, 0.29) is 17.7 Å². The summed E-state index contributed by atoms with van der Waals surface area (Å²) in [6.07, 6.45) is 2.14. The van der Waals surface area contributed by atoms with E-state index >= 15 is 0 Å². The van der Waals surface area contributed by atoms with Crippen molar-refractivity contribution in [2.45, 2.75) is 19.3 Å². The molecule has 1 aromatic carbocycles. The standard InChI is InChI=1S/C16H20Cl2N2O2/c17-8-3-9-19-15(21)12-6-10-20(11-7-12)16(22)13-4-1-2-5-14(13)18/h1-2,4-5,12H,3,6-11H2,(H,19,21). The minimum Gasteiger partial charge on any atom is -0.356 e. The molecule has 1 saturated heterocycles. The van der Waals surface area contributed by atoms with Gasteiger partial charge in [0, 0.05) is 31.4 Å². The number of alkyl halides is 1. The first kappa shape index (κ1) is 17.1. The van der Waals surface area contributed by atoms with E-state index in [1.54, 1.807) is 29.2 Å². The van der Waals surface area contributed by atoms with Gasteiger partial charge in [-0.2, -0.15) is 0 Å². The molecule has 0 saturated carbocycles. The van der Waals surface area contributed by atoms with Gasteiger partial charge in [0.1, 0.15) is 0 Å². The van der Waals surface area contributed by atoms with Crippen LogP contribution in [0.1, 0.15) is 29.6 Å². The van der Waals surface area contributed by atoms with Crippen molar-refractivity contribution in [2.24, 2.45) is 5.92 Å². The van der Waals surface area contributed by atoms with Crippen molar-refractivity contribution in [3.8, 4) is 0 Å². The van der Waals surface area contributed by atoms with Crippen molar-refractivity contribution >= 4 is 35.0 Å². The van der Waals surface area contributed by atoms with Gasteiger partial charge in [-0.15, -0.1) is 11.6 Å². The highest BCUT2D eigenvalue weighted by atomic mass is 35.5. The molecule has 1 fully saturated rings. The van der Waals surface area contributed by atoms with Crippen LogP contribution in [0.2, 0.25) is 5.02 Å². The van der Waals surface area contributed by atoms with Gasteiger partial charge in [0.2, 0.25) is 5.91 Å². The van der Waals surface area contributed by atoms with Gasteiger partial charge in [-0.1, -0.05) is 23.7 Å². The van der Waals surface area contributed by atoms with Crippen molar-refractivity contribution in [1.29, 1.82) is 0 Å². The van der Waals surface area contributed by atoms with Crippen LogP contribution in [-0.4, -0.2) is 42.2 Å². The Bertz CT molecular complexity index is 529. The highest BCUT2D eigenvalue weighted by molar-refractivity contribution is 6.33. The lowest BCUT2D eigenvalue weighted by atomic mass is 9.95. The van der Waals surface area contributed by atoms with Crippen molar-refractivity contribution < 1.29 is 9.59 Å². The van der Waals surface area contributed by atoms with Gasteiger partial charge in [0.25, 0.3) is 5.91 Å². The van der Waals surface area contributed by atoms with E-state index in [4.69, 9.17) is 23.2 Å². The number of piperidine rings is 1. The number of benzene rings is 1. The van der Waals surface area contributed by atoms with Gasteiger partial charge < -0.3 is 10.2 Å². The molecule has 0 radical (unpaired) electrons. The SMILES string of the molecule is O=C(NCCCCl)C1CCN(C(=O)c2ccccc2Cl)CC1. The molecule has 1 aliphatic rings. The Hall–Kier alpha value is -1.26. The molecule has 1 N–H and O–H groups in total. The van der Waals surface area contributed by atoms with Crippen LogP contribution >= 0.6 is 23.2 Å². The third kappa shape index (κ3) is 4.37. The number of nitrogens with one attached hydrogen (secondary N) is 1. The van der Waals surface area contributed by atoms with Gasteiger partial charge in [0.05, 0.1) is 10.6 Å². The number of hydrogen-bond donors (Lipinski definition) is 1. The molecule has 4 nitrogen and oxygen atoms in total. The molecule has 1 aliphatic heterocycles. The Balaban J connectivity index is 1.85. The van der Waals surface area contributed by atoms with Gasteiger partial charge in [-0.05, 0) is 31.4 Å². The van der Waals surface area contributed by atoms with Gasteiger partial charge in [-0.25, -0.2) is 0 Å². The van der Waals surface area contributed by atoms with Crippen molar-refractivity contribution in [3.05, 3.63) is 34.9 Å². The number of carbonyl (C=O) groups excluding carboxylic acids is 2. The number of halogens is 2. The molecule has 0 aromatic heterocycles. The second kappa shape index (κ2) is 8.39. The highest BCUT2D eigenvalue weighted by Gasteiger charge is 2.28. The number of likely N-dealkylation sites (tertiary alicyclic amines) is 1. The Kier molecular flexibility index (Phi) is 6.52. The minimum absolute atomic E-state index is 0.0226. The molecule has 1 heterocycles. The first-order chi connectivity index (χ1) is 10.6. The van der Waals surface area contributed by atoms with Crippen LogP contribution in [0.25, 0.3) is 0 Å². The average Bonchev–Trinajstić information content (AvgIpc) is 2.55. The fraction of sp³-hybridized carbons (Fsp3) is 0.500. The van der Waals surface area contributed by atoms with Crippen LogP contribution in [0, 0.1) is 5.92 Å². The second-order valence-corrected chi connectivity index (χ2v) is 6.17. The lowest BCUT2D eigenvalue weighted by Crippen LogP contribution is -2.43. The molecule has 0 unspecified atom stereocenters. The number of amides is 2. The summed E-state index contributed by atoms with van der Waals surface area (Å²) in [6.45, 7) is 1.77. The monoisotopic (exact) mass is 342 g/mol. The summed E-state index contributed by atoms with van der Waals surface area (Å²) in [5.41, 5.74) is 0.522. The fourth-order valence-corrected chi connectivity index (χ4v) is 2.92. The van der Waals surface area contributed by atoms with Crippen molar-refractivity contribution in [3.63, 3.8) is 0 Å². The third-order valence-corrected chi connectivity index (χ3v) is 4.46. The smallest absolute Gasteiger partial charge is 0.255 e. The average molecular weight is 343 g/mol. The molecule has 2 rings (SSSR count). The van der Waals surface area contributed by atoms with E-state index in [9.17, 15) is 9.59 Å². The molecule has 22 heavy (non-hydrogen) atoms. The van der Waals surface area contributed by atoms with Gasteiger partial charge in [0.15, 0.2) is 0 Å². The molecule has 0 spiro atoms. The third-order valence-electron chi connectivity index (χ3n) is 3.87. The molecule has 1 aromatic rings. The summed E-state index contributed by atoms with van der Waals surface area (Å²) in [5, 5.41) is 3.36.